The number of aliphatic hydroxyl groups excluding tert-OH is 4. The lowest BCUT2D eigenvalue weighted by atomic mass is 9.82. The molecule has 0 aliphatic heterocycles. The molecule has 1 rings (SSSR count). The lowest BCUT2D eigenvalue weighted by molar-refractivity contribution is -0.157. The molecule has 1 saturated carbocycles. The predicted molar refractivity (Wildman–Crippen MR) is 84.6 cm³/mol. The third kappa shape index (κ3) is 5.64. The van der Waals surface area contributed by atoms with Crippen molar-refractivity contribution in [3.63, 3.8) is 0 Å². The number of carbonyl (C=O) groups excluding carboxylic acids is 1. The highest BCUT2D eigenvalue weighted by molar-refractivity contribution is 5.85. The van der Waals surface area contributed by atoms with E-state index in [1.165, 1.54) is 0 Å². The van der Waals surface area contributed by atoms with Gasteiger partial charge in [-0.3, -0.25) is 4.79 Å². The van der Waals surface area contributed by atoms with Crippen molar-refractivity contribution in [3.05, 3.63) is 0 Å². The predicted octanol–water partition coefficient (Wildman–Crippen LogP) is -0.962. The van der Waals surface area contributed by atoms with Gasteiger partial charge in [0.05, 0.1) is 18.2 Å². The van der Waals surface area contributed by atoms with Gasteiger partial charge in [-0.15, -0.1) is 12.4 Å². The third-order valence-corrected chi connectivity index (χ3v) is 4.06. The summed E-state index contributed by atoms with van der Waals surface area (Å²) in [5.74, 6) is -0.276. The summed E-state index contributed by atoms with van der Waals surface area (Å²) < 4.78 is 0. The second-order valence-corrected chi connectivity index (χ2v) is 5.80. The molecule has 1 amide bonds. The summed E-state index contributed by atoms with van der Waals surface area (Å²) in [6, 6.07) is -2.00. The molecule has 132 valence electrons. The van der Waals surface area contributed by atoms with Crippen LogP contribution in [0.2, 0.25) is 0 Å². The molecular formula is C14H29ClN2O5. The number of hydrogen-bond acceptors (Lipinski definition) is 6. The first kappa shape index (κ1) is 21.6. The minimum absolute atomic E-state index is 0. The van der Waals surface area contributed by atoms with E-state index in [0.29, 0.717) is 6.42 Å². The van der Waals surface area contributed by atoms with Crippen LogP contribution in [0.5, 0.6) is 0 Å². The number of nitrogens with one attached hydrogen (secondary N) is 1. The van der Waals surface area contributed by atoms with Gasteiger partial charge in [-0.25, -0.2) is 0 Å². The largest absolute Gasteiger partial charge is 0.389 e. The fourth-order valence-electron chi connectivity index (χ4n) is 2.61. The highest BCUT2D eigenvalue weighted by Gasteiger charge is 2.47. The van der Waals surface area contributed by atoms with Gasteiger partial charge in [-0.05, 0) is 6.42 Å². The highest BCUT2D eigenvalue weighted by atomic mass is 35.5. The third-order valence-electron chi connectivity index (χ3n) is 4.06. The topological polar surface area (TPSA) is 136 Å². The van der Waals surface area contributed by atoms with Crippen molar-refractivity contribution in [1.29, 1.82) is 0 Å². The van der Waals surface area contributed by atoms with Crippen LogP contribution in [0, 0.1) is 0 Å². The Hall–Kier alpha value is -0.440. The Bertz CT molecular complexity index is 318. The van der Waals surface area contributed by atoms with E-state index in [4.69, 9.17) is 5.73 Å². The van der Waals surface area contributed by atoms with Crippen LogP contribution < -0.4 is 11.1 Å². The summed E-state index contributed by atoms with van der Waals surface area (Å²) in [5, 5.41) is 41.2. The number of rotatable bonds is 7. The summed E-state index contributed by atoms with van der Waals surface area (Å²) in [6.07, 6.45) is -0.458. The van der Waals surface area contributed by atoms with Gasteiger partial charge in [-0.2, -0.15) is 0 Å². The van der Waals surface area contributed by atoms with E-state index in [1.807, 2.05) is 0 Å². The number of carbonyl (C=O) groups is 1. The average Bonchev–Trinajstić information content (AvgIpc) is 2.47. The summed E-state index contributed by atoms with van der Waals surface area (Å²) in [6.45, 7) is 2.11. The molecule has 0 unspecified atom stereocenters. The maximum absolute atomic E-state index is 11.8. The van der Waals surface area contributed by atoms with E-state index < -0.39 is 36.5 Å². The number of amides is 1. The second-order valence-electron chi connectivity index (χ2n) is 5.80. The van der Waals surface area contributed by atoms with E-state index in [1.54, 1.807) is 0 Å². The van der Waals surface area contributed by atoms with Crippen molar-refractivity contribution in [2.75, 3.05) is 0 Å². The Balaban J connectivity index is 0.00000441. The maximum Gasteiger partial charge on any atom is 0.220 e. The monoisotopic (exact) mass is 340 g/mol. The van der Waals surface area contributed by atoms with Crippen molar-refractivity contribution in [2.45, 2.75) is 81.9 Å². The molecule has 0 heterocycles. The van der Waals surface area contributed by atoms with Gasteiger partial charge in [0, 0.05) is 6.42 Å². The van der Waals surface area contributed by atoms with Crippen molar-refractivity contribution in [2.24, 2.45) is 5.73 Å². The molecule has 1 fully saturated rings. The van der Waals surface area contributed by atoms with Gasteiger partial charge in [-0.1, -0.05) is 32.6 Å². The zero-order valence-corrected chi connectivity index (χ0v) is 13.7. The van der Waals surface area contributed by atoms with E-state index in [2.05, 4.69) is 12.2 Å². The smallest absolute Gasteiger partial charge is 0.220 e. The molecule has 0 aromatic carbocycles. The van der Waals surface area contributed by atoms with E-state index >= 15 is 0 Å². The van der Waals surface area contributed by atoms with Gasteiger partial charge >= 0.3 is 0 Å². The van der Waals surface area contributed by atoms with Crippen LogP contribution in [0.3, 0.4) is 0 Å². The Morgan fingerprint density at radius 3 is 2.09 bits per heavy atom. The van der Waals surface area contributed by atoms with Crippen LogP contribution in [-0.2, 0) is 4.79 Å². The maximum atomic E-state index is 11.8. The number of halogens is 1. The van der Waals surface area contributed by atoms with Crippen molar-refractivity contribution < 1.29 is 25.2 Å². The van der Waals surface area contributed by atoms with Crippen LogP contribution in [0.25, 0.3) is 0 Å². The molecule has 0 aromatic rings. The molecular weight excluding hydrogens is 312 g/mol. The summed E-state index contributed by atoms with van der Waals surface area (Å²) in [4.78, 5) is 11.8. The number of aliphatic hydroxyl groups is 4. The second kappa shape index (κ2) is 10.4. The zero-order chi connectivity index (χ0) is 16.0. The fourth-order valence-corrected chi connectivity index (χ4v) is 2.61. The summed E-state index contributed by atoms with van der Waals surface area (Å²) >= 11 is 0. The minimum atomic E-state index is -1.53. The molecule has 8 heteroatoms. The summed E-state index contributed by atoms with van der Waals surface area (Å²) in [7, 11) is 0. The quantitative estimate of drug-likeness (QED) is 0.330. The Labute approximate surface area is 137 Å². The Kier molecular flexibility index (Phi) is 10.1. The van der Waals surface area contributed by atoms with E-state index in [9.17, 15) is 25.2 Å². The van der Waals surface area contributed by atoms with Gasteiger partial charge in [0.1, 0.15) is 18.3 Å². The summed E-state index contributed by atoms with van der Waals surface area (Å²) in [5.41, 5.74) is 5.71. The van der Waals surface area contributed by atoms with Crippen LogP contribution >= 0.6 is 12.4 Å². The number of unbranched alkanes of at least 4 members (excludes halogenated alkanes) is 4. The van der Waals surface area contributed by atoms with Crippen molar-refractivity contribution in [3.8, 4) is 0 Å². The van der Waals surface area contributed by atoms with Crippen LogP contribution in [0.4, 0.5) is 0 Å². The molecule has 0 bridgehead atoms. The van der Waals surface area contributed by atoms with E-state index in [0.717, 1.165) is 32.1 Å². The standard InChI is InChI=1S/C14H28N2O5.ClH/c1-2-3-4-5-6-7-8(17)16-10-9(15)11(18)13(20)14(21)12(10)19;/h9-14,18-21H,2-7,15H2,1H3,(H,16,17);1H/t9-,10-,11+,12+,13-,14-;/m1./s1. The van der Waals surface area contributed by atoms with Crippen LogP contribution in [-0.4, -0.2) is 62.8 Å². The molecule has 0 saturated heterocycles. The van der Waals surface area contributed by atoms with Gasteiger partial charge in [0.25, 0.3) is 0 Å². The first-order valence-electron chi connectivity index (χ1n) is 7.67. The molecule has 1 aliphatic rings. The van der Waals surface area contributed by atoms with Crippen molar-refractivity contribution in [1.82, 2.24) is 5.32 Å². The SMILES string of the molecule is CCCCCCCC(=O)N[C@@H]1[C@@H](N)[C@H](O)[C@@H](O)[C@H](O)[C@H]1O.Cl. The number of hydrogen-bond donors (Lipinski definition) is 6. The molecule has 6 atom stereocenters. The average molecular weight is 341 g/mol. The normalized spacial score (nSPS) is 34.8. The van der Waals surface area contributed by atoms with Crippen LogP contribution in [0.15, 0.2) is 0 Å². The van der Waals surface area contributed by atoms with E-state index in [-0.39, 0.29) is 18.3 Å². The molecule has 0 radical (unpaired) electrons. The van der Waals surface area contributed by atoms with Gasteiger partial charge < -0.3 is 31.5 Å². The first-order valence-corrected chi connectivity index (χ1v) is 7.67. The van der Waals surface area contributed by atoms with Gasteiger partial charge in [0.15, 0.2) is 0 Å². The molecule has 7 N–H and O–H groups in total. The lowest BCUT2D eigenvalue weighted by Crippen LogP contribution is -2.70. The van der Waals surface area contributed by atoms with Crippen LogP contribution in [0.1, 0.15) is 45.4 Å². The highest BCUT2D eigenvalue weighted by Crippen LogP contribution is 2.20. The zero-order valence-electron chi connectivity index (χ0n) is 12.9. The fraction of sp³-hybridized carbons (Fsp3) is 0.929. The molecule has 0 spiro atoms. The Morgan fingerprint density at radius 2 is 1.50 bits per heavy atom. The molecule has 22 heavy (non-hydrogen) atoms. The lowest BCUT2D eigenvalue weighted by Gasteiger charge is -2.42. The van der Waals surface area contributed by atoms with Gasteiger partial charge in [0.2, 0.25) is 5.91 Å². The van der Waals surface area contributed by atoms with Crippen molar-refractivity contribution >= 4 is 18.3 Å². The molecule has 0 aromatic heterocycles. The molecule has 7 nitrogen and oxygen atoms in total. The first-order chi connectivity index (χ1) is 9.90. The number of nitrogens with two attached hydrogens (primary N) is 1. The Morgan fingerprint density at radius 1 is 0.955 bits per heavy atom. The molecule has 1 aliphatic carbocycles. The minimum Gasteiger partial charge on any atom is -0.389 e.